The number of hydrogen-bond acceptors (Lipinski definition) is 3. The first-order valence-corrected chi connectivity index (χ1v) is 9.38. The van der Waals surface area contributed by atoms with Crippen LogP contribution in [-0.4, -0.2) is 19.2 Å². The Balaban J connectivity index is 1.87. The van der Waals surface area contributed by atoms with Gasteiger partial charge in [-0.2, -0.15) is 26.3 Å². The molecule has 1 aliphatic heterocycles. The Kier molecular flexibility index (Phi) is 6.18. The molecule has 9 heteroatoms. The molecule has 0 amide bonds. The first-order valence-electron chi connectivity index (χ1n) is 9.38. The van der Waals surface area contributed by atoms with E-state index in [0.717, 1.165) is 5.56 Å². The second-order valence-corrected chi connectivity index (χ2v) is 7.59. The van der Waals surface area contributed by atoms with Crippen molar-refractivity contribution in [2.45, 2.75) is 43.4 Å². The van der Waals surface area contributed by atoms with Gasteiger partial charge in [-0.25, -0.2) is 0 Å². The lowest BCUT2D eigenvalue weighted by molar-refractivity contribution is -0.143. The minimum Gasteiger partial charge on any atom is -0.372 e. The summed E-state index contributed by atoms with van der Waals surface area (Å²) in [5.41, 5.74) is 3.35. The quantitative estimate of drug-likeness (QED) is 0.653. The molecule has 1 saturated heterocycles. The highest BCUT2D eigenvalue weighted by Gasteiger charge is 2.40. The Morgan fingerprint density at radius 1 is 1.03 bits per heavy atom. The molecule has 0 aromatic heterocycles. The maximum Gasteiger partial charge on any atom is 0.416 e. The molecule has 3 N–H and O–H groups in total. The van der Waals surface area contributed by atoms with E-state index in [2.05, 4.69) is 5.32 Å². The lowest BCUT2D eigenvalue weighted by atomic mass is 9.88. The van der Waals surface area contributed by atoms with Gasteiger partial charge in [0.2, 0.25) is 0 Å². The maximum absolute atomic E-state index is 13.1. The third kappa shape index (κ3) is 4.96. The molecule has 3 atom stereocenters. The Bertz CT molecular complexity index is 836. The van der Waals surface area contributed by atoms with Crippen molar-refractivity contribution in [3.05, 3.63) is 70.8 Å². The van der Waals surface area contributed by atoms with E-state index in [0.29, 0.717) is 25.1 Å². The molecule has 0 radical (unpaired) electrons. The fourth-order valence-electron chi connectivity index (χ4n) is 3.67. The third-order valence-electron chi connectivity index (χ3n) is 5.30. The van der Waals surface area contributed by atoms with Crippen LogP contribution in [0.5, 0.6) is 0 Å². The lowest BCUT2D eigenvalue weighted by Gasteiger charge is -2.32. The van der Waals surface area contributed by atoms with Gasteiger partial charge in [-0.3, -0.25) is 0 Å². The van der Waals surface area contributed by atoms with Gasteiger partial charge in [0.25, 0.3) is 0 Å². The first-order chi connectivity index (χ1) is 13.9. The van der Waals surface area contributed by atoms with Crippen LogP contribution in [0, 0.1) is 0 Å². The topological polar surface area (TPSA) is 47.3 Å². The van der Waals surface area contributed by atoms with Gasteiger partial charge in [0.15, 0.2) is 0 Å². The molecule has 1 aliphatic rings. The van der Waals surface area contributed by atoms with E-state index in [1.807, 2.05) is 30.3 Å². The first kappa shape index (κ1) is 22.6. The van der Waals surface area contributed by atoms with Gasteiger partial charge in [-0.15, -0.1) is 0 Å². The molecule has 1 unspecified atom stereocenters. The standard InChI is InChI=1S/C21H22F6N2O/c1-13(14-7-16(20(22,23)24)9-17(8-14)21(25,26)27)30-12-19(10-18(28)11-29-19)15-5-3-2-4-6-15/h2-9,13,18,29H,10-12,28H2,1H3/t13-,18?,19-/m1/s1. The van der Waals surface area contributed by atoms with Crippen molar-refractivity contribution >= 4 is 0 Å². The smallest absolute Gasteiger partial charge is 0.372 e. The number of benzene rings is 2. The predicted molar refractivity (Wildman–Crippen MR) is 99.5 cm³/mol. The van der Waals surface area contributed by atoms with Crippen molar-refractivity contribution in [3.63, 3.8) is 0 Å². The van der Waals surface area contributed by atoms with Gasteiger partial charge in [-0.05, 0) is 42.7 Å². The molecule has 2 aromatic carbocycles. The summed E-state index contributed by atoms with van der Waals surface area (Å²) in [6.45, 7) is 2.00. The molecule has 0 spiro atoms. The van der Waals surface area contributed by atoms with Crippen LogP contribution in [-0.2, 0) is 22.6 Å². The normalized spacial score (nSPS) is 23.5. The number of hydrogen-bond donors (Lipinski definition) is 2. The number of halogens is 6. The van der Waals surface area contributed by atoms with Gasteiger partial charge >= 0.3 is 12.4 Å². The Labute approximate surface area is 170 Å². The van der Waals surface area contributed by atoms with Gasteiger partial charge in [-0.1, -0.05) is 30.3 Å². The zero-order valence-electron chi connectivity index (χ0n) is 16.1. The molecule has 30 heavy (non-hydrogen) atoms. The Morgan fingerprint density at radius 3 is 2.07 bits per heavy atom. The fourth-order valence-corrected chi connectivity index (χ4v) is 3.67. The molecular weight excluding hydrogens is 410 g/mol. The number of alkyl halides is 6. The summed E-state index contributed by atoms with van der Waals surface area (Å²) in [6, 6.07) is 10.6. The molecule has 3 rings (SSSR count). The molecular formula is C21H22F6N2O. The molecule has 3 nitrogen and oxygen atoms in total. The summed E-state index contributed by atoms with van der Waals surface area (Å²) in [6.07, 6.45) is -10.3. The second kappa shape index (κ2) is 8.20. The summed E-state index contributed by atoms with van der Waals surface area (Å²) in [7, 11) is 0. The SMILES string of the molecule is C[C@@H](OC[C@@]1(c2ccccc2)CC(N)CN1)c1cc(C(F)(F)F)cc(C(F)(F)F)c1. The highest BCUT2D eigenvalue weighted by Crippen LogP contribution is 2.39. The summed E-state index contributed by atoms with van der Waals surface area (Å²) in [4.78, 5) is 0. The monoisotopic (exact) mass is 432 g/mol. The van der Waals surface area contributed by atoms with Gasteiger partial charge in [0.1, 0.15) is 0 Å². The van der Waals surface area contributed by atoms with Crippen molar-refractivity contribution in [1.29, 1.82) is 0 Å². The molecule has 0 aliphatic carbocycles. The molecule has 1 heterocycles. The van der Waals surface area contributed by atoms with Gasteiger partial charge in [0, 0.05) is 12.6 Å². The highest BCUT2D eigenvalue weighted by molar-refractivity contribution is 5.35. The van der Waals surface area contributed by atoms with Crippen molar-refractivity contribution in [2.75, 3.05) is 13.2 Å². The molecule has 1 fully saturated rings. The lowest BCUT2D eigenvalue weighted by Crippen LogP contribution is -2.41. The summed E-state index contributed by atoms with van der Waals surface area (Å²) < 4.78 is 84.5. The fraction of sp³-hybridized carbons (Fsp3) is 0.429. The minimum absolute atomic E-state index is 0.0451. The van der Waals surface area contributed by atoms with Crippen LogP contribution < -0.4 is 11.1 Å². The van der Waals surface area contributed by atoms with Crippen LogP contribution in [0.4, 0.5) is 26.3 Å². The highest BCUT2D eigenvalue weighted by atomic mass is 19.4. The van der Waals surface area contributed by atoms with Crippen LogP contribution in [0.25, 0.3) is 0 Å². The van der Waals surface area contributed by atoms with Crippen LogP contribution in [0.2, 0.25) is 0 Å². The van der Waals surface area contributed by atoms with Gasteiger partial charge < -0.3 is 15.8 Å². The van der Waals surface area contributed by atoms with Crippen LogP contribution in [0.3, 0.4) is 0 Å². The summed E-state index contributed by atoms with van der Waals surface area (Å²) in [5, 5.41) is 3.30. The van der Waals surface area contributed by atoms with Crippen molar-refractivity contribution in [3.8, 4) is 0 Å². The van der Waals surface area contributed by atoms with E-state index < -0.39 is 35.1 Å². The molecule has 2 aromatic rings. The van der Waals surface area contributed by atoms with Crippen molar-refractivity contribution < 1.29 is 31.1 Å². The number of nitrogens with one attached hydrogen (secondary N) is 1. The Hall–Kier alpha value is -2.10. The molecule has 164 valence electrons. The Morgan fingerprint density at radius 2 is 1.60 bits per heavy atom. The number of rotatable bonds is 5. The maximum atomic E-state index is 13.1. The summed E-state index contributed by atoms with van der Waals surface area (Å²) >= 11 is 0. The molecule has 0 saturated carbocycles. The van der Waals surface area contributed by atoms with E-state index in [-0.39, 0.29) is 24.3 Å². The van der Waals surface area contributed by atoms with E-state index >= 15 is 0 Å². The number of ether oxygens (including phenoxy) is 1. The average Bonchev–Trinajstić information content (AvgIpc) is 3.07. The van der Waals surface area contributed by atoms with E-state index in [1.54, 1.807) is 0 Å². The molecule has 0 bridgehead atoms. The largest absolute Gasteiger partial charge is 0.416 e. The van der Waals surface area contributed by atoms with Crippen LogP contribution >= 0.6 is 0 Å². The average molecular weight is 432 g/mol. The van der Waals surface area contributed by atoms with E-state index in [1.165, 1.54) is 6.92 Å². The predicted octanol–water partition coefficient (Wildman–Crippen LogP) is 5.02. The van der Waals surface area contributed by atoms with Gasteiger partial charge in [0.05, 0.1) is 29.4 Å². The van der Waals surface area contributed by atoms with E-state index in [4.69, 9.17) is 10.5 Å². The van der Waals surface area contributed by atoms with Crippen molar-refractivity contribution in [2.24, 2.45) is 5.73 Å². The van der Waals surface area contributed by atoms with Crippen LogP contribution in [0.1, 0.15) is 41.7 Å². The van der Waals surface area contributed by atoms with E-state index in [9.17, 15) is 26.3 Å². The zero-order valence-corrected chi connectivity index (χ0v) is 16.1. The third-order valence-corrected chi connectivity index (χ3v) is 5.30. The van der Waals surface area contributed by atoms with Crippen molar-refractivity contribution in [1.82, 2.24) is 5.32 Å². The number of nitrogens with two attached hydrogens (primary N) is 1. The zero-order chi connectivity index (χ0) is 22.2. The second-order valence-electron chi connectivity index (χ2n) is 7.59. The minimum atomic E-state index is -4.90. The summed E-state index contributed by atoms with van der Waals surface area (Å²) in [5.74, 6) is 0. The van der Waals surface area contributed by atoms with Crippen LogP contribution in [0.15, 0.2) is 48.5 Å².